The largest absolute Gasteiger partial charge is 0.376 e. The highest BCUT2D eigenvalue weighted by molar-refractivity contribution is 5.15. The maximum atomic E-state index is 5.81. The van der Waals surface area contributed by atoms with E-state index in [0.29, 0.717) is 25.0 Å². The van der Waals surface area contributed by atoms with Crippen LogP contribution in [-0.2, 0) is 22.7 Å². The first-order valence-corrected chi connectivity index (χ1v) is 7.83. The molecule has 0 bridgehead atoms. The van der Waals surface area contributed by atoms with Crippen LogP contribution in [0.3, 0.4) is 0 Å². The summed E-state index contributed by atoms with van der Waals surface area (Å²) < 4.78 is 11.6. The average Bonchev–Trinajstić information content (AvgIpc) is 2.56. The van der Waals surface area contributed by atoms with Gasteiger partial charge in [0.15, 0.2) is 0 Å². The minimum absolute atomic E-state index is 0.486. The monoisotopic (exact) mass is 294 g/mol. The highest BCUT2D eigenvalue weighted by atomic mass is 16.5. The number of rotatable bonds is 8. The molecule has 0 heterocycles. The zero-order valence-electron chi connectivity index (χ0n) is 12.7. The van der Waals surface area contributed by atoms with Crippen molar-refractivity contribution in [3.8, 4) is 0 Å². The molecule has 0 fully saturated rings. The van der Waals surface area contributed by atoms with Gasteiger partial charge in [0.1, 0.15) is 0 Å². The molecule has 0 aromatic heterocycles. The molecule has 0 saturated heterocycles. The lowest BCUT2D eigenvalue weighted by atomic mass is 9.83. The van der Waals surface area contributed by atoms with Gasteiger partial charge in [0.05, 0.1) is 26.4 Å². The molecule has 114 valence electrons. The zero-order chi connectivity index (χ0) is 15.0. The third kappa shape index (κ3) is 4.30. The van der Waals surface area contributed by atoms with E-state index in [1.54, 1.807) is 0 Å². The Morgan fingerprint density at radius 3 is 1.36 bits per heavy atom. The van der Waals surface area contributed by atoms with Crippen molar-refractivity contribution < 1.29 is 9.47 Å². The summed E-state index contributed by atoms with van der Waals surface area (Å²) in [5.74, 6) is 0.971. The van der Waals surface area contributed by atoms with E-state index in [4.69, 9.17) is 9.47 Å². The second-order valence-corrected chi connectivity index (χ2v) is 5.71. The third-order valence-corrected chi connectivity index (χ3v) is 4.00. The van der Waals surface area contributed by atoms with Gasteiger partial charge in [0, 0.05) is 11.8 Å². The summed E-state index contributed by atoms with van der Waals surface area (Å²) in [6, 6.07) is 20.6. The maximum Gasteiger partial charge on any atom is 0.0717 e. The van der Waals surface area contributed by atoms with Gasteiger partial charge in [0.25, 0.3) is 0 Å². The average molecular weight is 294 g/mol. The second kappa shape index (κ2) is 7.92. The summed E-state index contributed by atoms with van der Waals surface area (Å²) in [5, 5.41) is 0. The molecule has 2 atom stereocenters. The van der Waals surface area contributed by atoms with Crippen LogP contribution in [0.4, 0.5) is 0 Å². The molecule has 0 saturated carbocycles. The van der Waals surface area contributed by atoms with Gasteiger partial charge in [-0.15, -0.1) is 0 Å². The summed E-state index contributed by atoms with van der Waals surface area (Å²) in [5.41, 5.74) is 2.45. The summed E-state index contributed by atoms with van der Waals surface area (Å²) in [6.45, 7) is 2.90. The number of hydrogen-bond donors (Lipinski definition) is 0. The van der Waals surface area contributed by atoms with Crippen LogP contribution in [0.5, 0.6) is 0 Å². The predicted octanol–water partition coefficient (Wildman–Crippen LogP) is 4.22. The maximum absolute atomic E-state index is 5.81. The van der Waals surface area contributed by atoms with E-state index in [0.717, 1.165) is 13.2 Å². The van der Waals surface area contributed by atoms with Crippen molar-refractivity contribution in [2.24, 2.45) is 11.8 Å². The van der Waals surface area contributed by atoms with Crippen LogP contribution in [0.2, 0.25) is 0 Å². The van der Waals surface area contributed by atoms with Gasteiger partial charge in [0.2, 0.25) is 0 Å². The SMILES string of the molecule is C1=C[C@H](COCc2ccccc2)[C@H]1COCc1ccccc1. The molecule has 2 nitrogen and oxygen atoms in total. The fourth-order valence-corrected chi connectivity index (χ4v) is 2.56. The number of benzene rings is 2. The van der Waals surface area contributed by atoms with Gasteiger partial charge in [-0.05, 0) is 11.1 Å². The molecule has 2 aromatic rings. The normalized spacial score (nSPS) is 19.8. The Labute approximate surface area is 132 Å². The van der Waals surface area contributed by atoms with E-state index in [1.165, 1.54) is 11.1 Å². The Morgan fingerprint density at radius 2 is 1.00 bits per heavy atom. The quantitative estimate of drug-likeness (QED) is 0.679. The lowest BCUT2D eigenvalue weighted by Gasteiger charge is -2.29. The topological polar surface area (TPSA) is 18.5 Å². The van der Waals surface area contributed by atoms with E-state index >= 15 is 0 Å². The molecule has 0 unspecified atom stereocenters. The van der Waals surface area contributed by atoms with Gasteiger partial charge >= 0.3 is 0 Å². The smallest absolute Gasteiger partial charge is 0.0717 e. The second-order valence-electron chi connectivity index (χ2n) is 5.71. The van der Waals surface area contributed by atoms with Crippen molar-refractivity contribution in [3.05, 3.63) is 83.9 Å². The van der Waals surface area contributed by atoms with Crippen LogP contribution in [0.25, 0.3) is 0 Å². The Bertz CT molecular complexity index is 524. The summed E-state index contributed by atoms with van der Waals surface area (Å²) in [6.07, 6.45) is 4.45. The highest BCUT2D eigenvalue weighted by Crippen LogP contribution is 2.26. The fraction of sp³-hybridized carbons (Fsp3) is 0.300. The van der Waals surface area contributed by atoms with E-state index < -0.39 is 0 Å². The Balaban J connectivity index is 1.33. The van der Waals surface area contributed by atoms with Gasteiger partial charge in [-0.3, -0.25) is 0 Å². The van der Waals surface area contributed by atoms with E-state index in [-0.39, 0.29) is 0 Å². The Morgan fingerprint density at radius 1 is 0.591 bits per heavy atom. The molecule has 0 aliphatic heterocycles. The fourth-order valence-electron chi connectivity index (χ4n) is 2.56. The lowest BCUT2D eigenvalue weighted by Crippen LogP contribution is -2.27. The molecular weight excluding hydrogens is 272 g/mol. The van der Waals surface area contributed by atoms with Crippen molar-refractivity contribution >= 4 is 0 Å². The van der Waals surface area contributed by atoms with Crippen molar-refractivity contribution in [2.75, 3.05) is 13.2 Å². The first-order valence-electron chi connectivity index (χ1n) is 7.83. The lowest BCUT2D eigenvalue weighted by molar-refractivity contribution is 0.0405. The Hall–Kier alpha value is -1.90. The molecule has 0 N–H and O–H groups in total. The zero-order valence-corrected chi connectivity index (χ0v) is 12.7. The molecule has 22 heavy (non-hydrogen) atoms. The predicted molar refractivity (Wildman–Crippen MR) is 88.3 cm³/mol. The van der Waals surface area contributed by atoms with Crippen molar-refractivity contribution in [3.63, 3.8) is 0 Å². The number of hydrogen-bond acceptors (Lipinski definition) is 2. The molecular formula is C20H22O2. The van der Waals surface area contributed by atoms with Crippen LogP contribution >= 0.6 is 0 Å². The molecule has 2 heteroatoms. The summed E-state index contributed by atoms with van der Waals surface area (Å²) in [4.78, 5) is 0. The van der Waals surface area contributed by atoms with Crippen LogP contribution in [0.15, 0.2) is 72.8 Å². The molecule has 1 aliphatic carbocycles. The minimum Gasteiger partial charge on any atom is -0.376 e. The van der Waals surface area contributed by atoms with Crippen LogP contribution < -0.4 is 0 Å². The standard InChI is InChI=1S/C20H22O2/c1-3-7-17(8-4-1)13-21-15-19-11-12-20(19)16-22-14-18-9-5-2-6-10-18/h1-12,19-20H,13-16H2/t19-,20-/m1/s1. The van der Waals surface area contributed by atoms with E-state index in [9.17, 15) is 0 Å². The summed E-state index contributed by atoms with van der Waals surface area (Å²) in [7, 11) is 0. The van der Waals surface area contributed by atoms with Gasteiger partial charge in [-0.1, -0.05) is 72.8 Å². The molecule has 2 aromatic carbocycles. The van der Waals surface area contributed by atoms with Crippen LogP contribution in [0, 0.1) is 11.8 Å². The molecule has 0 radical (unpaired) electrons. The molecule has 0 spiro atoms. The van der Waals surface area contributed by atoms with Gasteiger partial charge < -0.3 is 9.47 Å². The van der Waals surface area contributed by atoms with Crippen molar-refractivity contribution in [2.45, 2.75) is 13.2 Å². The molecule has 1 aliphatic rings. The molecule has 0 amide bonds. The first kappa shape index (κ1) is 15.0. The highest BCUT2D eigenvalue weighted by Gasteiger charge is 2.24. The Kier molecular flexibility index (Phi) is 5.41. The van der Waals surface area contributed by atoms with E-state index in [2.05, 4.69) is 36.4 Å². The van der Waals surface area contributed by atoms with E-state index in [1.807, 2.05) is 36.4 Å². The summed E-state index contributed by atoms with van der Waals surface area (Å²) >= 11 is 0. The number of ether oxygens (including phenoxy) is 2. The van der Waals surface area contributed by atoms with Crippen molar-refractivity contribution in [1.82, 2.24) is 0 Å². The third-order valence-electron chi connectivity index (χ3n) is 4.00. The minimum atomic E-state index is 0.486. The van der Waals surface area contributed by atoms with Gasteiger partial charge in [-0.25, -0.2) is 0 Å². The molecule has 3 rings (SSSR count). The first-order chi connectivity index (χ1) is 10.9. The van der Waals surface area contributed by atoms with Crippen molar-refractivity contribution in [1.29, 1.82) is 0 Å². The van der Waals surface area contributed by atoms with Crippen LogP contribution in [-0.4, -0.2) is 13.2 Å². The van der Waals surface area contributed by atoms with Gasteiger partial charge in [-0.2, -0.15) is 0 Å². The van der Waals surface area contributed by atoms with Crippen LogP contribution in [0.1, 0.15) is 11.1 Å².